The van der Waals surface area contributed by atoms with Crippen LogP contribution in [-0.4, -0.2) is 16.1 Å². The second-order valence-electron chi connectivity index (χ2n) is 2.81. The van der Waals surface area contributed by atoms with E-state index >= 15 is 0 Å². The lowest BCUT2D eigenvalue weighted by Crippen LogP contribution is -2.14. The van der Waals surface area contributed by atoms with Crippen LogP contribution in [0.2, 0.25) is 0 Å². The summed E-state index contributed by atoms with van der Waals surface area (Å²) in [7, 11) is 0. The molecule has 0 saturated heterocycles. The van der Waals surface area contributed by atoms with Gasteiger partial charge in [-0.05, 0) is 6.42 Å². The first-order chi connectivity index (χ1) is 5.83. The van der Waals surface area contributed by atoms with Crippen molar-refractivity contribution in [3.63, 3.8) is 0 Å². The highest BCUT2D eigenvalue weighted by molar-refractivity contribution is 5.05. The van der Waals surface area contributed by atoms with Crippen LogP contribution in [0.25, 0.3) is 0 Å². The van der Waals surface area contributed by atoms with Gasteiger partial charge in [-0.2, -0.15) is 0 Å². The average Bonchev–Trinajstić information content (AvgIpc) is 2.48. The summed E-state index contributed by atoms with van der Waals surface area (Å²) >= 11 is 0. The summed E-state index contributed by atoms with van der Waals surface area (Å²) in [5, 5.41) is 0. The Morgan fingerprint density at radius 2 is 2.17 bits per heavy atom. The second kappa shape index (κ2) is 4.26. The second-order valence-corrected chi connectivity index (χ2v) is 2.81. The zero-order chi connectivity index (χ0) is 8.97. The molecule has 3 heteroatoms. The summed E-state index contributed by atoms with van der Waals surface area (Å²) in [5.74, 6) is 1.15. The molecule has 0 aliphatic carbocycles. The van der Waals surface area contributed by atoms with Gasteiger partial charge in [-0.25, -0.2) is 4.98 Å². The molecule has 1 heterocycles. The number of imidazole rings is 1. The molecule has 68 valence electrons. The Morgan fingerprint density at radius 3 is 2.67 bits per heavy atom. The number of aryl methyl sites for hydroxylation is 2. The number of aromatic nitrogens is 2. The van der Waals surface area contributed by atoms with Gasteiger partial charge in [0.1, 0.15) is 5.82 Å². The molecule has 0 aliphatic heterocycles. The maximum atomic E-state index is 5.52. The molecule has 0 fully saturated rings. The third-order valence-corrected chi connectivity index (χ3v) is 2.05. The van der Waals surface area contributed by atoms with Crippen molar-refractivity contribution in [2.45, 2.75) is 33.2 Å². The van der Waals surface area contributed by atoms with Gasteiger partial charge in [0.15, 0.2) is 0 Å². The van der Waals surface area contributed by atoms with Gasteiger partial charge >= 0.3 is 0 Å². The fraction of sp³-hybridized carbons (Fsp3) is 0.667. The van der Waals surface area contributed by atoms with E-state index in [-0.39, 0.29) is 0 Å². The Balaban J connectivity index is 2.90. The molecule has 1 aromatic rings. The van der Waals surface area contributed by atoms with Crippen molar-refractivity contribution in [3.8, 4) is 0 Å². The first-order valence-corrected chi connectivity index (χ1v) is 4.56. The Labute approximate surface area is 73.6 Å². The minimum absolute atomic E-state index is 0.691. The third kappa shape index (κ3) is 1.67. The van der Waals surface area contributed by atoms with Crippen LogP contribution in [0.3, 0.4) is 0 Å². The van der Waals surface area contributed by atoms with Gasteiger partial charge in [0.05, 0.1) is 0 Å². The van der Waals surface area contributed by atoms with Gasteiger partial charge in [0, 0.05) is 31.4 Å². The van der Waals surface area contributed by atoms with E-state index in [4.69, 9.17) is 5.73 Å². The van der Waals surface area contributed by atoms with E-state index in [1.165, 1.54) is 5.69 Å². The zero-order valence-electron chi connectivity index (χ0n) is 7.88. The molecule has 0 radical (unpaired) electrons. The van der Waals surface area contributed by atoms with Gasteiger partial charge in [-0.3, -0.25) is 0 Å². The molecule has 0 bridgehead atoms. The van der Waals surface area contributed by atoms with Crippen LogP contribution < -0.4 is 5.73 Å². The van der Waals surface area contributed by atoms with Crippen molar-refractivity contribution in [1.29, 1.82) is 0 Å². The quantitative estimate of drug-likeness (QED) is 0.726. The van der Waals surface area contributed by atoms with Gasteiger partial charge in [0.25, 0.3) is 0 Å². The third-order valence-electron chi connectivity index (χ3n) is 2.05. The molecule has 2 N–H and O–H groups in total. The molecule has 1 aromatic heterocycles. The molecule has 0 aromatic carbocycles. The standard InChI is InChI=1S/C9H17N3/c1-3-8-7-11-9(4-2)12(8)6-5-10/h7H,3-6,10H2,1-2H3. The highest BCUT2D eigenvalue weighted by Gasteiger charge is 2.04. The maximum Gasteiger partial charge on any atom is 0.108 e. The van der Waals surface area contributed by atoms with Crippen molar-refractivity contribution in [1.82, 2.24) is 9.55 Å². The Bertz CT molecular complexity index is 218. The normalized spacial score (nSPS) is 10.6. The van der Waals surface area contributed by atoms with Crippen LogP contribution >= 0.6 is 0 Å². The van der Waals surface area contributed by atoms with E-state index in [0.29, 0.717) is 6.54 Å². The summed E-state index contributed by atoms with van der Waals surface area (Å²) in [6.45, 7) is 5.85. The number of nitrogens with zero attached hydrogens (tertiary/aromatic N) is 2. The molecule has 0 spiro atoms. The summed E-state index contributed by atoms with van der Waals surface area (Å²) in [6.07, 6.45) is 3.97. The lowest BCUT2D eigenvalue weighted by atomic mass is 10.3. The monoisotopic (exact) mass is 167 g/mol. The predicted octanol–water partition coefficient (Wildman–Crippen LogP) is 0.967. The predicted molar refractivity (Wildman–Crippen MR) is 50.0 cm³/mol. The molecule has 1 rings (SSSR count). The molecule has 0 saturated carbocycles. The van der Waals surface area contributed by atoms with Crippen LogP contribution in [0.4, 0.5) is 0 Å². The van der Waals surface area contributed by atoms with Crippen molar-refractivity contribution in [2.24, 2.45) is 5.73 Å². The molecule has 3 nitrogen and oxygen atoms in total. The minimum Gasteiger partial charge on any atom is -0.331 e. The number of nitrogens with two attached hydrogens (primary N) is 1. The van der Waals surface area contributed by atoms with Crippen LogP contribution in [-0.2, 0) is 19.4 Å². The summed E-state index contributed by atoms with van der Waals surface area (Å²) < 4.78 is 2.22. The highest BCUT2D eigenvalue weighted by atomic mass is 15.1. The first-order valence-electron chi connectivity index (χ1n) is 4.56. The van der Waals surface area contributed by atoms with Crippen LogP contribution in [0.1, 0.15) is 25.4 Å². The molecular weight excluding hydrogens is 150 g/mol. The van der Waals surface area contributed by atoms with E-state index in [0.717, 1.165) is 25.2 Å². The van der Waals surface area contributed by atoms with Crippen LogP contribution in [0.5, 0.6) is 0 Å². The number of hydrogen-bond donors (Lipinski definition) is 1. The van der Waals surface area contributed by atoms with E-state index < -0.39 is 0 Å². The highest BCUT2D eigenvalue weighted by Crippen LogP contribution is 2.06. The Morgan fingerprint density at radius 1 is 1.42 bits per heavy atom. The fourth-order valence-electron chi connectivity index (χ4n) is 1.42. The maximum absolute atomic E-state index is 5.52. The van der Waals surface area contributed by atoms with Crippen molar-refractivity contribution >= 4 is 0 Å². The van der Waals surface area contributed by atoms with E-state index in [1.54, 1.807) is 0 Å². The number of hydrogen-bond acceptors (Lipinski definition) is 2. The topological polar surface area (TPSA) is 43.8 Å². The van der Waals surface area contributed by atoms with Gasteiger partial charge in [-0.1, -0.05) is 13.8 Å². The van der Waals surface area contributed by atoms with Crippen molar-refractivity contribution < 1.29 is 0 Å². The van der Waals surface area contributed by atoms with Crippen molar-refractivity contribution in [3.05, 3.63) is 17.7 Å². The molecule has 0 amide bonds. The lowest BCUT2D eigenvalue weighted by Gasteiger charge is -2.07. The largest absolute Gasteiger partial charge is 0.331 e. The van der Waals surface area contributed by atoms with Crippen LogP contribution in [0, 0.1) is 0 Å². The molecule has 0 aliphatic rings. The molecule has 12 heavy (non-hydrogen) atoms. The molecular formula is C9H17N3. The first kappa shape index (κ1) is 9.26. The van der Waals surface area contributed by atoms with E-state index in [9.17, 15) is 0 Å². The minimum atomic E-state index is 0.691. The summed E-state index contributed by atoms with van der Waals surface area (Å²) in [5.41, 5.74) is 6.81. The Hall–Kier alpha value is -0.830. The zero-order valence-corrected chi connectivity index (χ0v) is 7.88. The van der Waals surface area contributed by atoms with Crippen LogP contribution in [0.15, 0.2) is 6.20 Å². The lowest BCUT2D eigenvalue weighted by molar-refractivity contribution is 0.639. The summed E-state index contributed by atoms with van der Waals surface area (Å²) in [4.78, 5) is 4.33. The average molecular weight is 167 g/mol. The Kier molecular flexibility index (Phi) is 3.29. The number of rotatable bonds is 4. The molecule has 0 unspecified atom stereocenters. The molecule has 0 atom stereocenters. The fourth-order valence-corrected chi connectivity index (χ4v) is 1.42. The van der Waals surface area contributed by atoms with E-state index in [1.807, 2.05) is 6.20 Å². The SMILES string of the molecule is CCc1cnc(CC)n1CCN. The van der Waals surface area contributed by atoms with Gasteiger partial charge in [-0.15, -0.1) is 0 Å². The van der Waals surface area contributed by atoms with E-state index in [2.05, 4.69) is 23.4 Å². The van der Waals surface area contributed by atoms with Gasteiger partial charge in [0.2, 0.25) is 0 Å². The summed E-state index contributed by atoms with van der Waals surface area (Å²) in [6, 6.07) is 0. The van der Waals surface area contributed by atoms with Crippen molar-refractivity contribution in [2.75, 3.05) is 6.54 Å². The van der Waals surface area contributed by atoms with Gasteiger partial charge < -0.3 is 10.3 Å². The smallest absolute Gasteiger partial charge is 0.108 e.